The van der Waals surface area contributed by atoms with Crippen LogP contribution < -0.4 is 5.32 Å². The van der Waals surface area contributed by atoms with Crippen molar-refractivity contribution in [2.75, 3.05) is 26.2 Å². The molecule has 106 valence electrons. The molecule has 1 N–H and O–H groups in total. The summed E-state index contributed by atoms with van der Waals surface area (Å²) in [5.41, 5.74) is 0. The molecule has 1 aliphatic rings. The van der Waals surface area contributed by atoms with Gasteiger partial charge < -0.3 is 15.0 Å². The predicted molar refractivity (Wildman–Crippen MR) is 73.5 cm³/mol. The van der Waals surface area contributed by atoms with Crippen LogP contribution in [0.1, 0.15) is 34.6 Å². The quantitative estimate of drug-likeness (QED) is 0.731. The molecule has 0 saturated carbocycles. The lowest BCUT2D eigenvalue weighted by molar-refractivity contribution is -0.146. The molecule has 0 aliphatic carbocycles. The van der Waals surface area contributed by atoms with Crippen LogP contribution in [0.25, 0.3) is 0 Å². The summed E-state index contributed by atoms with van der Waals surface area (Å²) in [4.78, 5) is 14.3. The molecule has 18 heavy (non-hydrogen) atoms. The Labute approximate surface area is 111 Å². The highest BCUT2D eigenvalue weighted by molar-refractivity contribution is 5.76. The van der Waals surface area contributed by atoms with Gasteiger partial charge in [0.15, 0.2) is 0 Å². The van der Waals surface area contributed by atoms with E-state index in [4.69, 9.17) is 4.74 Å². The van der Waals surface area contributed by atoms with Crippen LogP contribution in [-0.2, 0) is 9.53 Å². The fourth-order valence-electron chi connectivity index (χ4n) is 2.50. The molecule has 3 atom stereocenters. The van der Waals surface area contributed by atoms with Gasteiger partial charge in [0.25, 0.3) is 0 Å². The Balaban J connectivity index is 2.53. The average Bonchev–Trinajstić information content (AvgIpc) is 2.57. The number of carbonyl (C=O) groups excluding carboxylic acids is 1. The maximum atomic E-state index is 11.9. The first-order chi connectivity index (χ1) is 8.43. The zero-order chi connectivity index (χ0) is 13.7. The maximum Gasteiger partial charge on any atom is 0.324 e. The van der Waals surface area contributed by atoms with Crippen LogP contribution in [-0.4, -0.2) is 49.2 Å². The molecule has 1 aliphatic heterocycles. The van der Waals surface area contributed by atoms with Gasteiger partial charge in [-0.3, -0.25) is 4.79 Å². The molecular formula is C14H28N2O2. The van der Waals surface area contributed by atoms with Crippen LogP contribution in [0.15, 0.2) is 0 Å². The zero-order valence-corrected chi connectivity index (χ0v) is 12.4. The molecule has 0 aromatic heterocycles. The van der Waals surface area contributed by atoms with Gasteiger partial charge in [0.05, 0.1) is 6.61 Å². The Hall–Kier alpha value is -0.610. The largest absolute Gasteiger partial charge is 0.465 e. The lowest BCUT2D eigenvalue weighted by Crippen LogP contribution is -2.49. The number of hydrogen-bond donors (Lipinski definition) is 1. The van der Waals surface area contributed by atoms with Crippen molar-refractivity contribution >= 4 is 5.97 Å². The molecule has 0 amide bonds. The minimum atomic E-state index is -0.206. The standard InChI is InChI=1S/C14H28N2O2/c1-6-18-14(17)13(15-10(2)3)9-16-7-11(4)12(5)8-16/h10-13,15H,6-9H2,1-5H3. The number of nitrogens with one attached hydrogen (secondary N) is 1. The highest BCUT2D eigenvalue weighted by atomic mass is 16.5. The number of esters is 1. The van der Waals surface area contributed by atoms with Crippen molar-refractivity contribution in [2.24, 2.45) is 11.8 Å². The summed E-state index contributed by atoms with van der Waals surface area (Å²) in [6.07, 6.45) is 0. The lowest BCUT2D eigenvalue weighted by atomic mass is 10.0. The monoisotopic (exact) mass is 256 g/mol. The molecule has 1 rings (SSSR count). The van der Waals surface area contributed by atoms with E-state index in [1.165, 1.54) is 0 Å². The molecule has 0 aromatic rings. The first-order valence-corrected chi connectivity index (χ1v) is 7.09. The molecule has 1 heterocycles. The van der Waals surface area contributed by atoms with E-state index in [0.29, 0.717) is 18.4 Å². The van der Waals surface area contributed by atoms with Crippen molar-refractivity contribution in [2.45, 2.75) is 46.7 Å². The van der Waals surface area contributed by atoms with E-state index in [0.717, 1.165) is 19.6 Å². The summed E-state index contributed by atoms with van der Waals surface area (Å²) in [5, 5.41) is 3.30. The molecule has 1 saturated heterocycles. The maximum absolute atomic E-state index is 11.9. The van der Waals surface area contributed by atoms with E-state index in [9.17, 15) is 4.79 Å². The van der Waals surface area contributed by atoms with Gasteiger partial charge in [0.1, 0.15) is 6.04 Å². The summed E-state index contributed by atoms with van der Waals surface area (Å²) in [5.74, 6) is 1.30. The third-order valence-corrected chi connectivity index (χ3v) is 3.61. The molecule has 1 fully saturated rings. The molecule has 0 bridgehead atoms. The summed E-state index contributed by atoms with van der Waals surface area (Å²) in [7, 11) is 0. The Morgan fingerprint density at radius 3 is 2.33 bits per heavy atom. The second-order valence-electron chi connectivity index (χ2n) is 5.80. The van der Waals surface area contributed by atoms with Crippen molar-refractivity contribution in [3.63, 3.8) is 0 Å². The Morgan fingerprint density at radius 2 is 1.89 bits per heavy atom. The number of rotatable bonds is 6. The predicted octanol–water partition coefficient (Wildman–Crippen LogP) is 1.50. The topological polar surface area (TPSA) is 41.6 Å². The number of ether oxygens (including phenoxy) is 1. The minimum Gasteiger partial charge on any atom is -0.465 e. The fraction of sp³-hybridized carbons (Fsp3) is 0.929. The molecule has 3 unspecified atom stereocenters. The van der Waals surface area contributed by atoms with Crippen LogP contribution in [0.4, 0.5) is 0 Å². The highest BCUT2D eigenvalue weighted by Gasteiger charge is 2.30. The number of hydrogen-bond acceptors (Lipinski definition) is 4. The zero-order valence-electron chi connectivity index (χ0n) is 12.4. The van der Waals surface area contributed by atoms with E-state index in [1.807, 2.05) is 6.92 Å². The van der Waals surface area contributed by atoms with Gasteiger partial charge >= 0.3 is 5.97 Å². The number of carbonyl (C=O) groups is 1. The normalized spacial score (nSPS) is 26.6. The van der Waals surface area contributed by atoms with Gasteiger partial charge in [-0.25, -0.2) is 0 Å². The summed E-state index contributed by atoms with van der Waals surface area (Å²) in [6.45, 7) is 13.9. The Bertz CT molecular complexity index is 259. The van der Waals surface area contributed by atoms with E-state index >= 15 is 0 Å². The van der Waals surface area contributed by atoms with Gasteiger partial charge in [0.2, 0.25) is 0 Å². The van der Waals surface area contributed by atoms with Crippen LogP contribution in [0.5, 0.6) is 0 Å². The van der Waals surface area contributed by atoms with Crippen LogP contribution >= 0.6 is 0 Å². The van der Waals surface area contributed by atoms with Crippen molar-refractivity contribution < 1.29 is 9.53 Å². The van der Waals surface area contributed by atoms with E-state index in [-0.39, 0.29) is 18.1 Å². The van der Waals surface area contributed by atoms with Gasteiger partial charge in [0, 0.05) is 25.7 Å². The second kappa shape index (κ2) is 7.10. The number of nitrogens with zero attached hydrogens (tertiary/aromatic N) is 1. The van der Waals surface area contributed by atoms with E-state index in [2.05, 4.69) is 37.9 Å². The second-order valence-corrected chi connectivity index (χ2v) is 5.80. The molecule has 0 radical (unpaired) electrons. The summed E-state index contributed by atoms with van der Waals surface area (Å²) in [6, 6.07) is 0.0827. The third-order valence-electron chi connectivity index (χ3n) is 3.61. The summed E-state index contributed by atoms with van der Waals surface area (Å²) >= 11 is 0. The van der Waals surface area contributed by atoms with Crippen molar-refractivity contribution in [1.29, 1.82) is 0 Å². The van der Waals surface area contributed by atoms with Crippen molar-refractivity contribution in [1.82, 2.24) is 10.2 Å². The van der Waals surface area contributed by atoms with E-state index in [1.54, 1.807) is 0 Å². The van der Waals surface area contributed by atoms with Gasteiger partial charge in [-0.2, -0.15) is 0 Å². The first-order valence-electron chi connectivity index (χ1n) is 7.09. The Morgan fingerprint density at radius 1 is 1.33 bits per heavy atom. The average molecular weight is 256 g/mol. The van der Waals surface area contributed by atoms with Gasteiger partial charge in [-0.05, 0) is 18.8 Å². The van der Waals surface area contributed by atoms with Crippen LogP contribution in [0.3, 0.4) is 0 Å². The van der Waals surface area contributed by atoms with E-state index < -0.39 is 0 Å². The number of likely N-dealkylation sites (tertiary alicyclic amines) is 1. The SMILES string of the molecule is CCOC(=O)C(CN1CC(C)C(C)C1)NC(C)C. The van der Waals surface area contributed by atoms with Crippen LogP contribution in [0.2, 0.25) is 0 Å². The molecule has 0 spiro atoms. The summed E-state index contributed by atoms with van der Waals surface area (Å²) < 4.78 is 5.14. The smallest absolute Gasteiger partial charge is 0.324 e. The minimum absolute atomic E-state index is 0.126. The van der Waals surface area contributed by atoms with Crippen LogP contribution in [0, 0.1) is 11.8 Å². The molecule has 0 aromatic carbocycles. The first kappa shape index (κ1) is 15.4. The van der Waals surface area contributed by atoms with Crippen molar-refractivity contribution in [3.8, 4) is 0 Å². The molecule has 4 nitrogen and oxygen atoms in total. The van der Waals surface area contributed by atoms with Gasteiger partial charge in [-0.15, -0.1) is 0 Å². The van der Waals surface area contributed by atoms with Gasteiger partial charge in [-0.1, -0.05) is 27.7 Å². The molecule has 4 heteroatoms. The highest BCUT2D eigenvalue weighted by Crippen LogP contribution is 2.22. The Kier molecular flexibility index (Phi) is 6.09. The lowest BCUT2D eigenvalue weighted by Gasteiger charge is -2.25. The third kappa shape index (κ3) is 4.58. The molecular weight excluding hydrogens is 228 g/mol. The van der Waals surface area contributed by atoms with Crippen molar-refractivity contribution in [3.05, 3.63) is 0 Å². The fourth-order valence-corrected chi connectivity index (χ4v) is 2.50.